The quantitative estimate of drug-likeness (QED) is 0.472. The van der Waals surface area contributed by atoms with Crippen molar-refractivity contribution in [2.75, 3.05) is 26.1 Å². The second-order valence-electron chi connectivity index (χ2n) is 6.87. The Bertz CT molecular complexity index is 1130. The number of carbonyl (C=O) groups is 2. The summed E-state index contributed by atoms with van der Waals surface area (Å²) < 4.78 is 16.2. The highest BCUT2D eigenvalue weighted by Gasteiger charge is 2.17. The molecule has 33 heavy (non-hydrogen) atoms. The lowest BCUT2D eigenvalue weighted by Crippen LogP contribution is -2.30. The Balaban J connectivity index is 1.93. The minimum absolute atomic E-state index is 0.0456. The largest absolute Gasteiger partial charge is 0.494 e. The highest BCUT2D eigenvalue weighted by molar-refractivity contribution is 6.10. The summed E-state index contributed by atoms with van der Waals surface area (Å²) in [4.78, 5) is 25.9. The zero-order valence-electron chi connectivity index (χ0n) is 18.8. The fraction of sp³-hybridized carbons (Fsp3) is 0.154. The standard InChI is InChI=1S/C26H26N2O5/c1-4-33-21-15-13-20(14-16-21)27-26(30)22(28-25(29)18-9-6-5-7-10-18)17-19-11-8-12-23(31-2)24(19)32-3/h5-17H,4H2,1-3H3,(H,27,30)(H,28,29)/b22-17+. The maximum Gasteiger partial charge on any atom is 0.272 e. The van der Waals surface area contributed by atoms with Crippen molar-refractivity contribution in [3.05, 3.63) is 89.6 Å². The molecule has 0 radical (unpaired) electrons. The van der Waals surface area contributed by atoms with Gasteiger partial charge in [-0.15, -0.1) is 0 Å². The van der Waals surface area contributed by atoms with E-state index in [1.165, 1.54) is 14.2 Å². The van der Waals surface area contributed by atoms with Crippen molar-refractivity contribution in [1.29, 1.82) is 0 Å². The molecule has 3 aromatic carbocycles. The number of hydrogen-bond donors (Lipinski definition) is 2. The molecule has 0 unspecified atom stereocenters. The third kappa shape index (κ3) is 6.13. The smallest absolute Gasteiger partial charge is 0.272 e. The molecule has 170 valence electrons. The first-order valence-electron chi connectivity index (χ1n) is 10.4. The van der Waals surface area contributed by atoms with E-state index in [1.54, 1.807) is 72.8 Å². The number of carbonyl (C=O) groups excluding carboxylic acids is 2. The minimum Gasteiger partial charge on any atom is -0.494 e. The lowest BCUT2D eigenvalue weighted by Gasteiger charge is -2.14. The molecule has 0 fully saturated rings. The van der Waals surface area contributed by atoms with Gasteiger partial charge < -0.3 is 24.8 Å². The molecule has 7 nitrogen and oxygen atoms in total. The number of amides is 2. The van der Waals surface area contributed by atoms with Gasteiger partial charge >= 0.3 is 0 Å². The Hall–Kier alpha value is -4.26. The van der Waals surface area contributed by atoms with E-state index in [4.69, 9.17) is 14.2 Å². The average molecular weight is 447 g/mol. The number of para-hydroxylation sites is 1. The number of anilines is 1. The van der Waals surface area contributed by atoms with Crippen molar-refractivity contribution < 1.29 is 23.8 Å². The predicted octanol–water partition coefficient (Wildman–Crippen LogP) is 4.51. The van der Waals surface area contributed by atoms with Crippen molar-refractivity contribution in [2.45, 2.75) is 6.92 Å². The summed E-state index contributed by atoms with van der Waals surface area (Å²) in [6, 6.07) is 20.9. The van der Waals surface area contributed by atoms with E-state index in [9.17, 15) is 9.59 Å². The summed E-state index contributed by atoms with van der Waals surface area (Å²) in [6.07, 6.45) is 1.55. The van der Waals surface area contributed by atoms with Crippen LogP contribution in [0.1, 0.15) is 22.8 Å². The molecule has 0 atom stereocenters. The van der Waals surface area contributed by atoms with Gasteiger partial charge in [-0.3, -0.25) is 9.59 Å². The van der Waals surface area contributed by atoms with Crippen molar-refractivity contribution in [1.82, 2.24) is 5.32 Å². The molecule has 0 aliphatic heterocycles. The first-order chi connectivity index (χ1) is 16.0. The molecular formula is C26H26N2O5. The van der Waals surface area contributed by atoms with Crippen LogP contribution in [0, 0.1) is 0 Å². The Morgan fingerprint density at radius 1 is 0.879 bits per heavy atom. The summed E-state index contributed by atoms with van der Waals surface area (Å²) in [6.45, 7) is 2.45. The van der Waals surface area contributed by atoms with Crippen molar-refractivity contribution >= 4 is 23.6 Å². The highest BCUT2D eigenvalue weighted by Crippen LogP contribution is 2.32. The van der Waals surface area contributed by atoms with Crippen LogP contribution in [-0.2, 0) is 4.79 Å². The zero-order chi connectivity index (χ0) is 23.6. The maximum absolute atomic E-state index is 13.2. The molecule has 0 aromatic heterocycles. The van der Waals surface area contributed by atoms with Crippen LogP contribution in [-0.4, -0.2) is 32.6 Å². The van der Waals surface area contributed by atoms with Crippen LogP contribution in [0.25, 0.3) is 6.08 Å². The summed E-state index contributed by atoms with van der Waals surface area (Å²) >= 11 is 0. The molecule has 0 aliphatic carbocycles. The van der Waals surface area contributed by atoms with Gasteiger partial charge in [0.05, 0.1) is 20.8 Å². The third-order valence-electron chi connectivity index (χ3n) is 4.69. The summed E-state index contributed by atoms with van der Waals surface area (Å²) in [5, 5.41) is 5.52. The van der Waals surface area contributed by atoms with Crippen LogP contribution in [0.2, 0.25) is 0 Å². The predicted molar refractivity (Wildman–Crippen MR) is 128 cm³/mol. The second-order valence-corrected chi connectivity index (χ2v) is 6.87. The Kier molecular flexibility index (Phi) is 8.07. The molecule has 0 heterocycles. The van der Waals surface area contributed by atoms with E-state index >= 15 is 0 Å². The maximum atomic E-state index is 13.2. The Morgan fingerprint density at radius 2 is 1.61 bits per heavy atom. The van der Waals surface area contributed by atoms with Crippen LogP contribution in [0.3, 0.4) is 0 Å². The lowest BCUT2D eigenvalue weighted by molar-refractivity contribution is -0.113. The molecule has 2 amide bonds. The van der Waals surface area contributed by atoms with Gasteiger partial charge in [0.2, 0.25) is 0 Å². The number of rotatable bonds is 9. The fourth-order valence-corrected chi connectivity index (χ4v) is 3.12. The van der Waals surface area contributed by atoms with Gasteiger partial charge in [0.15, 0.2) is 11.5 Å². The topological polar surface area (TPSA) is 85.9 Å². The van der Waals surface area contributed by atoms with Gasteiger partial charge in [0.25, 0.3) is 11.8 Å². The molecule has 7 heteroatoms. The molecule has 3 rings (SSSR count). The normalized spacial score (nSPS) is 10.8. The van der Waals surface area contributed by atoms with Crippen molar-refractivity contribution in [2.24, 2.45) is 0 Å². The lowest BCUT2D eigenvalue weighted by atomic mass is 10.1. The monoisotopic (exact) mass is 446 g/mol. The fourth-order valence-electron chi connectivity index (χ4n) is 3.12. The van der Waals surface area contributed by atoms with E-state index in [0.717, 1.165) is 0 Å². The van der Waals surface area contributed by atoms with Crippen LogP contribution in [0.5, 0.6) is 17.2 Å². The van der Waals surface area contributed by atoms with Gasteiger partial charge in [-0.2, -0.15) is 0 Å². The van der Waals surface area contributed by atoms with Crippen LogP contribution in [0.15, 0.2) is 78.5 Å². The van der Waals surface area contributed by atoms with Gasteiger partial charge in [-0.1, -0.05) is 30.3 Å². The Morgan fingerprint density at radius 3 is 2.24 bits per heavy atom. The van der Waals surface area contributed by atoms with E-state index in [0.29, 0.717) is 40.7 Å². The van der Waals surface area contributed by atoms with Gasteiger partial charge in [-0.05, 0) is 55.5 Å². The molecular weight excluding hydrogens is 420 g/mol. The number of nitrogens with one attached hydrogen (secondary N) is 2. The summed E-state index contributed by atoms with van der Waals surface area (Å²) in [5.74, 6) is 0.746. The zero-order valence-corrected chi connectivity index (χ0v) is 18.8. The molecule has 0 spiro atoms. The molecule has 0 saturated heterocycles. The second kappa shape index (κ2) is 11.4. The van der Waals surface area contributed by atoms with E-state index in [-0.39, 0.29) is 5.70 Å². The van der Waals surface area contributed by atoms with E-state index < -0.39 is 11.8 Å². The molecule has 2 N–H and O–H groups in total. The Labute approximate surface area is 193 Å². The summed E-state index contributed by atoms with van der Waals surface area (Å²) in [5.41, 5.74) is 1.60. The molecule has 3 aromatic rings. The highest BCUT2D eigenvalue weighted by atomic mass is 16.5. The van der Waals surface area contributed by atoms with Gasteiger partial charge in [0, 0.05) is 16.8 Å². The molecule has 0 aliphatic rings. The van der Waals surface area contributed by atoms with Crippen LogP contribution in [0.4, 0.5) is 5.69 Å². The van der Waals surface area contributed by atoms with E-state index in [1.807, 2.05) is 13.0 Å². The number of benzene rings is 3. The SMILES string of the molecule is CCOc1ccc(NC(=O)/C(=C\c2cccc(OC)c2OC)NC(=O)c2ccccc2)cc1. The number of hydrogen-bond acceptors (Lipinski definition) is 5. The third-order valence-corrected chi connectivity index (χ3v) is 4.69. The van der Waals surface area contributed by atoms with Crippen LogP contribution >= 0.6 is 0 Å². The average Bonchev–Trinajstić information content (AvgIpc) is 2.85. The van der Waals surface area contributed by atoms with Gasteiger partial charge in [0.1, 0.15) is 11.4 Å². The molecule has 0 saturated carbocycles. The molecule has 0 bridgehead atoms. The van der Waals surface area contributed by atoms with E-state index in [2.05, 4.69) is 10.6 Å². The first kappa shape index (κ1) is 23.4. The minimum atomic E-state index is -0.492. The first-order valence-corrected chi connectivity index (χ1v) is 10.4. The number of methoxy groups -OCH3 is 2. The van der Waals surface area contributed by atoms with Gasteiger partial charge in [-0.25, -0.2) is 0 Å². The summed E-state index contributed by atoms with van der Waals surface area (Å²) in [7, 11) is 3.04. The number of ether oxygens (including phenoxy) is 3. The van der Waals surface area contributed by atoms with Crippen molar-refractivity contribution in [3.63, 3.8) is 0 Å². The van der Waals surface area contributed by atoms with Crippen molar-refractivity contribution in [3.8, 4) is 17.2 Å². The van der Waals surface area contributed by atoms with Crippen LogP contribution < -0.4 is 24.8 Å².